The molecule has 0 amide bonds. The van der Waals surface area contributed by atoms with Crippen molar-refractivity contribution in [3.63, 3.8) is 0 Å². The van der Waals surface area contributed by atoms with Crippen LogP contribution in [0.1, 0.15) is 12.5 Å². The Hall–Kier alpha value is -1.68. The van der Waals surface area contributed by atoms with Crippen LogP contribution in [0.5, 0.6) is 0 Å². The molecule has 4 heteroatoms. The van der Waals surface area contributed by atoms with Gasteiger partial charge in [0, 0.05) is 6.42 Å². The Morgan fingerprint density at radius 1 is 1.24 bits per heavy atom. The van der Waals surface area contributed by atoms with Gasteiger partial charge in [-0.05, 0) is 12.5 Å². The molecule has 1 atom stereocenters. The van der Waals surface area contributed by atoms with Gasteiger partial charge in [-0.1, -0.05) is 30.3 Å². The molecule has 17 heavy (non-hydrogen) atoms. The van der Waals surface area contributed by atoms with Gasteiger partial charge in [0.05, 0.1) is 7.11 Å². The summed E-state index contributed by atoms with van der Waals surface area (Å²) >= 11 is 0. The molecule has 0 aliphatic carbocycles. The second kappa shape index (κ2) is 6.81. The molecule has 0 spiro atoms. The van der Waals surface area contributed by atoms with E-state index in [9.17, 15) is 9.59 Å². The molecule has 0 saturated heterocycles. The Balaban J connectivity index is 2.63. The molecule has 0 saturated carbocycles. The monoisotopic (exact) mass is 236 g/mol. The lowest BCUT2D eigenvalue weighted by molar-refractivity contribution is -0.155. The first kappa shape index (κ1) is 13.4. The average molecular weight is 236 g/mol. The summed E-state index contributed by atoms with van der Waals surface area (Å²) in [7, 11) is 1.30. The zero-order valence-electron chi connectivity index (χ0n) is 10.0. The molecule has 0 aromatic heterocycles. The molecule has 1 aromatic carbocycles. The molecule has 0 aliphatic rings. The lowest BCUT2D eigenvalue weighted by Gasteiger charge is -2.14. The number of methoxy groups -OCH3 is 1. The highest BCUT2D eigenvalue weighted by Gasteiger charge is 2.20. The topological polar surface area (TPSA) is 52.6 Å². The molecule has 0 aliphatic heterocycles. The second-order valence-electron chi connectivity index (χ2n) is 3.71. The predicted octanol–water partition coefficient (Wildman–Crippen LogP) is 1.38. The number of carbonyl (C=O) groups excluding carboxylic acids is 2. The number of Topliss-reactive ketones (excluding diaryl/α,β-unsaturated/α-hetero) is 1. The van der Waals surface area contributed by atoms with Crippen molar-refractivity contribution in [1.29, 1.82) is 0 Å². The summed E-state index contributed by atoms with van der Waals surface area (Å²) in [6.07, 6.45) is -0.327. The second-order valence-corrected chi connectivity index (χ2v) is 3.71. The number of esters is 1. The molecule has 4 nitrogen and oxygen atoms in total. The summed E-state index contributed by atoms with van der Waals surface area (Å²) in [4.78, 5) is 22.3. The summed E-state index contributed by atoms with van der Waals surface area (Å²) in [6.45, 7) is 1.34. The lowest BCUT2D eigenvalue weighted by Crippen LogP contribution is -2.29. The lowest BCUT2D eigenvalue weighted by atomic mass is 10.1. The molecule has 1 aromatic rings. The molecule has 0 fully saturated rings. The number of ketones is 1. The van der Waals surface area contributed by atoms with E-state index in [1.807, 2.05) is 30.3 Å². The molecule has 0 N–H and O–H groups in total. The number of hydrogen-bond donors (Lipinski definition) is 0. The van der Waals surface area contributed by atoms with Gasteiger partial charge in [-0.15, -0.1) is 0 Å². The SMILES string of the molecule is COC(=O)[C@H](Cc1ccccc1)OCC(C)=O. The molecule has 0 bridgehead atoms. The Morgan fingerprint density at radius 3 is 2.41 bits per heavy atom. The Bertz CT molecular complexity index is 372. The maximum absolute atomic E-state index is 11.5. The third-order valence-electron chi connectivity index (χ3n) is 2.22. The molecule has 0 unspecified atom stereocenters. The van der Waals surface area contributed by atoms with Crippen molar-refractivity contribution in [3.8, 4) is 0 Å². The minimum Gasteiger partial charge on any atom is -0.467 e. The van der Waals surface area contributed by atoms with Crippen molar-refractivity contribution in [1.82, 2.24) is 0 Å². The highest BCUT2D eigenvalue weighted by atomic mass is 16.6. The van der Waals surface area contributed by atoms with Gasteiger partial charge < -0.3 is 9.47 Å². The molecule has 1 rings (SSSR count). The molecule has 0 radical (unpaired) electrons. The smallest absolute Gasteiger partial charge is 0.335 e. The van der Waals surface area contributed by atoms with Crippen molar-refractivity contribution in [2.75, 3.05) is 13.7 Å². The molecular weight excluding hydrogens is 220 g/mol. The van der Waals surface area contributed by atoms with Crippen molar-refractivity contribution < 1.29 is 19.1 Å². The van der Waals surface area contributed by atoms with Crippen LogP contribution < -0.4 is 0 Å². The largest absolute Gasteiger partial charge is 0.467 e. The summed E-state index contributed by atoms with van der Waals surface area (Å²) in [6, 6.07) is 9.45. The van der Waals surface area contributed by atoms with Gasteiger partial charge in [0.1, 0.15) is 6.61 Å². The quantitative estimate of drug-likeness (QED) is 0.700. The number of benzene rings is 1. The van der Waals surface area contributed by atoms with Crippen molar-refractivity contribution in [2.24, 2.45) is 0 Å². The predicted molar refractivity (Wildman–Crippen MR) is 62.6 cm³/mol. The Labute approximate surface area is 101 Å². The van der Waals surface area contributed by atoms with Crippen LogP contribution in [0.25, 0.3) is 0 Å². The van der Waals surface area contributed by atoms with E-state index in [1.54, 1.807) is 0 Å². The van der Waals surface area contributed by atoms with Crippen molar-refractivity contribution in [2.45, 2.75) is 19.4 Å². The van der Waals surface area contributed by atoms with Crippen LogP contribution >= 0.6 is 0 Å². The van der Waals surface area contributed by atoms with Gasteiger partial charge in [0.2, 0.25) is 0 Å². The first-order valence-electron chi connectivity index (χ1n) is 5.36. The van der Waals surface area contributed by atoms with Crippen LogP contribution in [0.3, 0.4) is 0 Å². The van der Waals surface area contributed by atoms with Gasteiger partial charge in [-0.3, -0.25) is 4.79 Å². The zero-order valence-corrected chi connectivity index (χ0v) is 10.0. The summed E-state index contributed by atoms with van der Waals surface area (Å²) in [5, 5.41) is 0. The number of rotatable bonds is 6. The average Bonchev–Trinajstić information content (AvgIpc) is 2.34. The van der Waals surface area contributed by atoms with Crippen molar-refractivity contribution in [3.05, 3.63) is 35.9 Å². The van der Waals surface area contributed by atoms with E-state index in [0.29, 0.717) is 6.42 Å². The fraction of sp³-hybridized carbons (Fsp3) is 0.385. The van der Waals surface area contributed by atoms with E-state index in [4.69, 9.17) is 4.74 Å². The summed E-state index contributed by atoms with van der Waals surface area (Å²) in [5.41, 5.74) is 0.964. The number of hydrogen-bond acceptors (Lipinski definition) is 4. The molecular formula is C13H16O4. The minimum absolute atomic E-state index is 0.0768. The van der Waals surface area contributed by atoms with Gasteiger partial charge in [0.25, 0.3) is 0 Å². The Morgan fingerprint density at radius 2 is 1.88 bits per heavy atom. The fourth-order valence-corrected chi connectivity index (χ4v) is 1.39. The normalized spacial score (nSPS) is 11.9. The molecule has 0 heterocycles. The van der Waals surface area contributed by atoms with E-state index in [2.05, 4.69) is 4.74 Å². The molecule has 92 valence electrons. The van der Waals surface area contributed by atoms with Crippen LogP contribution in [0.15, 0.2) is 30.3 Å². The number of ether oxygens (including phenoxy) is 2. The summed E-state index contributed by atoms with van der Waals surface area (Å²) in [5.74, 6) is -0.581. The first-order valence-corrected chi connectivity index (χ1v) is 5.36. The van der Waals surface area contributed by atoms with Gasteiger partial charge in [0.15, 0.2) is 11.9 Å². The maximum Gasteiger partial charge on any atom is 0.335 e. The standard InChI is InChI=1S/C13H16O4/c1-10(14)9-17-12(13(15)16-2)8-11-6-4-3-5-7-11/h3-7,12H,8-9H2,1-2H3/t12-/m0/s1. The fourth-order valence-electron chi connectivity index (χ4n) is 1.39. The van der Waals surface area contributed by atoms with E-state index in [1.165, 1.54) is 14.0 Å². The van der Waals surface area contributed by atoms with Gasteiger partial charge in [-0.25, -0.2) is 4.79 Å². The highest BCUT2D eigenvalue weighted by molar-refractivity contribution is 5.78. The Kier molecular flexibility index (Phi) is 5.36. The van der Waals surface area contributed by atoms with E-state index in [0.717, 1.165) is 5.56 Å². The van der Waals surface area contributed by atoms with Gasteiger partial charge in [-0.2, -0.15) is 0 Å². The zero-order chi connectivity index (χ0) is 12.7. The van der Waals surface area contributed by atoms with Crippen LogP contribution in [-0.4, -0.2) is 31.6 Å². The third kappa shape index (κ3) is 4.78. The van der Waals surface area contributed by atoms with E-state index < -0.39 is 12.1 Å². The summed E-state index contributed by atoms with van der Waals surface area (Å²) < 4.78 is 9.88. The van der Waals surface area contributed by atoms with E-state index in [-0.39, 0.29) is 12.4 Å². The van der Waals surface area contributed by atoms with Crippen LogP contribution in [-0.2, 0) is 25.5 Å². The van der Waals surface area contributed by atoms with Crippen molar-refractivity contribution >= 4 is 11.8 Å². The van der Waals surface area contributed by atoms with Crippen LogP contribution in [0.2, 0.25) is 0 Å². The maximum atomic E-state index is 11.5. The highest BCUT2D eigenvalue weighted by Crippen LogP contribution is 2.07. The van der Waals surface area contributed by atoms with Gasteiger partial charge >= 0.3 is 5.97 Å². The van der Waals surface area contributed by atoms with Crippen LogP contribution in [0, 0.1) is 0 Å². The van der Waals surface area contributed by atoms with E-state index >= 15 is 0 Å². The minimum atomic E-state index is -0.730. The third-order valence-corrected chi connectivity index (χ3v) is 2.22. The first-order chi connectivity index (χ1) is 8.13. The number of carbonyl (C=O) groups is 2. The van der Waals surface area contributed by atoms with Crippen LogP contribution in [0.4, 0.5) is 0 Å².